The third kappa shape index (κ3) is 5.62. The monoisotopic (exact) mass is 371 g/mol. The summed E-state index contributed by atoms with van der Waals surface area (Å²) in [5, 5.41) is 0. The molecular formula is C26H26FN. The van der Waals surface area contributed by atoms with Crippen molar-refractivity contribution in [2.45, 2.75) is 20.8 Å². The fraction of sp³-hybridized carbons (Fsp3) is 0.115. The number of aromatic nitrogens is 1. The Labute approximate surface area is 167 Å². The summed E-state index contributed by atoms with van der Waals surface area (Å²) >= 11 is 0. The first kappa shape index (κ1) is 21.0. The van der Waals surface area contributed by atoms with Crippen LogP contribution >= 0.6 is 0 Å². The van der Waals surface area contributed by atoms with Crippen LogP contribution in [0.15, 0.2) is 97.9 Å². The first-order chi connectivity index (χ1) is 13.5. The zero-order valence-corrected chi connectivity index (χ0v) is 16.7. The SMILES string of the molecule is C=C(C)/C=C\C(=CC)c1cncc(C(/C=C\C)=C/C(=C)c2ccccc2F)c1. The van der Waals surface area contributed by atoms with Gasteiger partial charge in [0.15, 0.2) is 0 Å². The zero-order valence-electron chi connectivity index (χ0n) is 16.7. The lowest BCUT2D eigenvalue weighted by atomic mass is 9.97. The van der Waals surface area contributed by atoms with E-state index in [9.17, 15) is 4.39 Å². The van der Waals surface area contributed by atoms with Crippen LogP contribution in [0.1, 0.15) is 37.5 Å². The van der Waals surface area contributed by atoms with Gasteiger partial charge in [-0.3, -0.25) is 4.98 Å². The minimum absolute atomic E-state index is 0.281. The first-order valence-electron chi connectivity index (χ1n) is 9.20. The summed E-state index contributed by atoms with van der Waals surface area (Å²) in [6, 6.07) is 8.73. The lowest BCUT2D eigenvalue weighted by molar-refractivity contribution is 0.624. The molecule has 0 spiro atoms. The Morgan fingerprint density at radius 3 is 2.25 bits per heavy atom. The highest BCUT2D eigenvalue weighted by molar-refractivity contribution is 5.87. The second-order valence-corrected chi connectivity index (χ2v) is 6.49. The number of benzene rings is 1. The molecular weight excluding hydrogens is 345 g/mol. The lowest BCUT2D eigenvalue weighted by Crippen LogP contribution is -1.91. The van der Waals surface area contributed by atoms with Gasteiger partial charge in [-0.1, -0.05) is 67.3 Å². The van der Waals surface area contributed by atoms with E-state index in [1.807, 2.05) is 63.4 Å². The third-order valence-electron chi connectivity index (χ3n) is 4.16. The molecule has 142 valence electrons. The molecule has 0 bridgehead atoms. The smallest absolute Gasteiger partial charge is 0.131 e. The average molecular weight is 371 g/mol. The van der Waals surface area contributed by atoms with Crippen LogP contribution < -0.4 is 0 Å². The molecule has 0 saturated heterocycles. The van der Waals surface area contributed by atoms with Gasteiger partial charge >= 0.3 is 0 Å². The van der Waals surface area contributed by atoms with Crippen molar-refractivity contribution in [3.63, 3.8) is 0 Å². The summed E-state index contributed by atoms with van der Waals surface area (Å²) in [4.78, 5) is 4.41. The normalized spacial score (nSPS) is 12.7. The molecule has 0 aliphatic rings. The highest BCUT2D eigenvalue weighted by Crippen LogP contribution is 2.26. The Morgan fingerprint density at radius 2 is 1.64 bits per heavy atom. The van der Waals surface area contributed by atoms with Gasteiger partial charge in [0.25, 0.3) is 0 Å². The number of halogens is 1. The molecule has 2 aromatic rings. The van der Waals surface area contributed by atoms with Crippen LogP contribution in [0.5, 0.6) is 0 Å². The average Bonchev–Trinajstić information content (AvgIpc) is 2.68. The molecule has 0 unspecified atom stereocenters. The van der Waals surface area contributed by atoms with E-state index in [-0.39, 0.29) is 5.82 Å². The number of allylic oxidation sites excluding steroid dienone is 10. The maximum absolute atomic E-state index is 14.1. The fourth-order valence-corrected chi connectivity index (χ4v) is 2.74. The predicted octanol–water partition coefficient (Wildman–Crippen LogP) is 7.43. The van der Waals surface area contributed by atoms with Crippen molar-refractivity contribution in [3.05, 3.63) is 120 Å². The van der Waals surface area contributed by atoms with E-state index in [1.54, 1.807) is 24.4 Å². The molecule has 2 rings (SSSR count). The molecule has 28 heavy (non-hydrogen) atoms. The van der Waals surface area contributed by atoms with Crippen molar-refractivity contribution in [1.29, 1.82) is 0 Å². The van der Waals surface area contributed by atoms with Gasteiger partial charge in [-0.25, -0.2) is 4.39 Å². The quantitative estimate of drug-likeness (QED) is 0.461. The number of hydrogen-bond donors (Lipinski definition) is 0. The van der Waals surface area contributed by atoms with E-state index in [1.165, 1.54) is 6.07 Å². The molecule has 0 radical (unpaired) electrons. The largest absolute Gasteiger partial charge is 0.263 e. The summed E-state index contributed by atoms with van der Waals surface area (Å²) in [7, 11) is 0. The Kier molecular flexibility index (Phi) is 7.65. The summed E-state index contributed by atoms with van der Waals surface area (Å²) in [5.41, 5.74) is 6.02. The van der Waals surface area contributed by atoms with Crippen molar-refractivity contribution < 1.29 is 4.39 Å². The summed E-state index contributed by atoms with van der Waals surface area (Å²) < 4.78 is 14.1. The number of hydrogen-bond acceptors (Lipinski definition) is 1. The van der Waals surface area contributed by atoms with E-state index in [0.717, 1.165) is 27.8 Å². The zero-order chi connectivity index (χ0) is 20.5. The van der Waals surface area contributed by atoms with Crippen LogP contribution in [-0.4, -0.2) is 4.98 Å². The van der Waals surface area contributed by atoms with E-state index >= 15 is 0 Å². The molecule has 2 heteroatoms. The second kappa shape index (κ2) is 10.2. The van der Waals surface area contributed by atoms with Gasteiger partial charge < -0.3 is 0 Å². The molecule has 1 heterocycles. The van der Waals surface area contributed by atoms with E-state index < -0.39 is 0 Å². The molecule has 0 fully saturated rings. The molecule has 0 N–H and O–H groups in total. The van der Waals surface area contributed by atoms with Gasteiger partial charge in [0.05, 0.1) is 0 Å². The van der Waals surface area contributed by atoms with Crippen LogP contribution in [0, 0.1) is 5.82 Å². The van der Waals surface area contributed by atoms with Gasteiger partial charge in [-0.15, -0.1) is 0 Å². The summed E-state index contributed by atoms with van der Waals surface area (Å²) in [6.45, 7) is 13.9. The molecule has 1 aromatic heterocycles. The van der Waals surface area contributed by atoms with E-state index in [2.05, 4.69) is 24.2 Å². The molecule has 1 aromatic carbocycles. The van der Waals surface area contributed by atoms with Gasteiger partial charge in [-0.05, 0) is 55.7 Å². The Hall–Kier alpha value is -3.26. The topological polar surface area (TPSA) is 12.9 Å². The minimum Gasteiger partial charge on any atom is -0.263 e. The maximum Gasteiger partial charge on any atom is 0.131 e. The molecule has 0 aliphatic carbocycles. The Morgan fingerprint density at radius 1 is 0.964 bits per heavy atom. The Balaban J connectivity index is 2.46. The van der Waals surface area contributed by atoms with Crippen LogP contribution in [0.2, 0.25) is 0 Å². The van der Waals surface area contributed by atoms with Crippen molar-refractivity contribution in [3.8, 4) is 0 Å². The molecule has 1 nitrogen and oxygen atoms in total. The van der Waals surface area contributed by atoms with Gasteiger partial charge in [0, 0.05) is 29.1 Å². The van der Waals surface area contributed by atoms with Gasteiger partial charge in [0.1, 0.15) is 5.82 Å². The number of pyridine rings is 1. The highest BCUT2D eigenvalue weighted by atomic mass is 19.1. The van der Waals surface area contributed by atoms with Crippen molar-refractivity contribution >= 4 is 16.7 Å². The number of nitrogens with zero attached hydrogens (tertiary/aromatic N) is 1. The summed E-state index contributed by atoms with van der Waals surface area (Å²) in [6.07, 6.45) is 15.5. The van der Waals surface area contributed by atoms with E-state index in [4.69, 9.17) is 0 Å². The molecule has 0 saturated carbocycles. The molecule has 0 amide bonds. The van der Waals surface area contributed by atoms with Gasteiger partial charge in [-0.2, -0.15) is 0 Å². The predicted molar refractivity (Wildman–Crippen MR) is 120 cm³/mol. The van der Waals surface area contributed by atoms with Crippen LogP contribution in [0.25, 0.3) is 16.7 Å². The maximum atomic E-state index is 14.1. The Bertz CT molecular complexity index is 987. The standard InChI is InChI=1S/C26H26FN/c1-6-10-22(15-20(5)25-11-8-9-12-26(25)27)24-16-23(17-28-18-24)21(7-2)14-13-19(3)4/h6-18H,3,5H2,1-2,4H3/b10-6-,14-13-,21-7?,22-15+. The van der Waals surface area contributed by atoms with Crippen LogP contribution in [0.4, 0.5) is 4.39 Å². The second-order valence-electron chi connectivity index (χ2n) is 6.49. The van der Waals surface area contributed by atoms with Crippen LogP contribution in [-0.2, 0) is 0 Å². The molecule has 0 aliphatic heterocycles. The summed E-state index contributed by atoms with van der Waals surface area (Å²) in [5.74, 6) is -0.281. The van der Waals surface area contributed by atoms with Gasteiger partial charge in [0.2, 0.25) is 0 Å². The van der Waals surface area contributed by atoms with E-state index in [0.29, 0.717) is 11.1 Å². The third-order valence-corrected chi connectivity index (χ3v) is 4.16. The lowest BCUT2D eigenvalue weighted by Gasteiger charge is -2.09. The molecule has 0 atom stereocenters. The van der Waals surface area contributed by atoms with Crippen molar-refractivity contribution in [2.24, 2.45) is 0 Å². The van der Waals surface area contributed by atoms with Crippen LogP contribution in [0.3, 0.4) is 0 Å². The van der Waals surface area contributed by atoms with Crippen molar-refractivity contribution in [1.82, 2.24) is 4.98 Å². The number of rotatable bonds is 7. The minimum atomic E-state index is -0.281. The highest BCUT2D eigenvalue weighted by Gasteiger charge is 2.07. The fourth-order valence-electron chi connectivity index (χ4n) is 2.74. The van der Waals surface area contributed by atoms with Crippen molar-refractivity contribution in [2.75, 3.05) is 0 Å². The first-order valence-corrected chi connectivity index (χ1v) is 9.20.